The van der Waals surface area contributed by atoms with Gasteiger partial charge in [0.15, 0.2) is 0 Å². The molecule has 1 unspecified atom stereocenters. The molecular formula is C9H22N2S. The van der Waals surface area contributed by atoms with Crippen LogP contribution in [0.25, 0.3) is 0 Å². The maximum atomic E-state index is 3.36. The number of nitrogens with one attached hydrogen (secondary N) is 1. The molecule has 0 aromatic carbocycles. The fraction of sp³-hybridized carbons (Fsp3) is 1.00. The van der Waals surface area contributed by atoms with Crippen molar-refractivity contribution in [2.24, 2.45) is 0 Å². The highest BCUT2D eigenvalue weighted by Gasteiger charge is 2.06. The molecule has 0 saturated carbocycles. The van der Waals surface area contributed by atoms with Gasteiger partial charge in [-0.25, -0.2) is 0 Å². The van der Waals surface area contributed by atoms with Gasteiger partial charge in [0.25, 0.3) is 0 Å². The first kappa shape index (κ1) is 12.3. The molecule has 0 saturated heterocycles. The van der Waals surface area contributed by atoms with E-state index in [0.29, 0.717) is 6.04 Å². The lowest BCUT2D eigenvalue weighted by atomic mass is 10.3. The molecule has 2 nitrogen and oxygen atoms in total. The summed E-state index contributed by atoms with van der Waals surface area (Å²) in [5, 5.41) is 3.36. The van der Waals surface area contributed by atoms with Crippen molar-refractivity contribution in [3.8, 4) is 0 Å². The van der Waals surface area contributed by atoms with Gasteiger partial charge >= 0.3 is 0 Å². The summed E-state index contributed by atoms with van der Waals surface area (Å²) in [5.74, 6) is 1.23. The summed E-state index contributed by atoms with van der Waals surface area (Å²) in [4.78, 5) is 2.40. The van der Waals surface area contributed by atoms with Crippen molar-refractivity contribution in [1.82, 2.24) is 10.2 Å². The maximum absolute atomic E-state index is 3.36. The van der Waals surface area contributed by atoms with E-state index in [1.54, 1.807) is 0 Å². The normalized spacial score (nSPS) is 13.8. The van der Waals surface area contributed by atoms with Crippen molar-refractivity contribution >= 4 is 11.8 Å². The van der Waals surface area contributed by atoms with Crippen LogP contribution in [-0.2, 0) is 0 Å². The number of likely N-dealkylation sites (N-methyl/N-ethyl adjacent to an activating group) is 2. The van der Waals surface area contributed by atoms with Crippen LogP contribution in [-0.4, -0.2) is 49.6 Å². The number of rotatable bonds is 7. The Balaban J connectivity index is 3.39. The zero-order valence-corrected chi connectivity index (χ0v) is 9.58. The third-order valence-electron chi connectivity index (χ3n) is 2.09. The summed E-state index contributed by atoms with van der Waals surface area (Å²) >= 11 is 1.91. The molecule has 0 fully saturated rings. The van der Waals surface area contributed by atoms with Crippen molar-refractivity contribution < 1.29 is 0 Å². The van der Waals surface area contributed by atoms with Gasteiger partial charge in [-0.05, 0) is 26.8 Å². The molecular weight excluding hydrogens is 168 g/mol. The Morgan fingerprint density at radius 3 is 2.67 bits per heavy atom. The van der Waals surface area contributed by atoms with E-state index >= 15 is 0 Å². The quantitative estimate of drug-likeness (QED) is 0.651. The first-order chi connectivity index (χ1) is 5.72. The van der Waals surface area contributed by atoms with Crippen LogP contribution in [0.15, 0.2) is 0 Å². The third kappa shape index (κ3) is 5.86. The summed E-state index contributed by atoms with van der Waals surface area (Å²) < 4.78 is 0. The molecule has 1 atom stereocenters. The van der Waals surface area contributed by atoms with Crippen LogP contribution in [0.4, 0.5) is 0 Å². The second-order valence-electron chi connectivity index (χ2n) is 3.13. The van der Waals surface area contributed by atoms with Gasteiger partial charge in [-0.1, -0.05) is 6.92 Å². The number of thioether (sulfide) groups is 1. The molecule has 0 aromatic heterocycles. The molecule has 74 valence electrons. The van der Waals surface area contributed by atoms with E-state index in [1.165, 1.54) is 12.3 Å². The summed E-state index contributed by atoms with van der Waals surface area (Å²) in [6.45, 7) is 7.77. The lowest BCUT2D eigenvalue weighted by Crippen LogP contribution is -2.38. The van der Waals surface area contributed by atoms with E-state index in [-0.39, 0.29) is 0 Å². The van der Waals surface area contributed by atoms with E-state index in [1.807, 2.05) is 11.8 Å². The molecule has 0 bridgehead atoms. The van der Waals surface area contributed by atoms with Gasteiger partial charge < -0.3 is 10.2 Å². The van der Waals surface area contributed by atoms with Gasteiger partial charge in [0, 0.05) is 24.9 Å². The molecule has 0 rings (SSSR count). The minimum Gasteiger partial charge on any atom is -0.315 e. The van der Waals surface area contributed by atoms with Crippen LogP contribution in [0.1, 0.15) is 13.8 Å². The first-order valence-electron chi connectivity index (χ1n) is 4.62. The molecule has 3 heteroatoms. The van der Waals surface area contributed by atoms with Crippen molar-refractivity contribution in [2.75, 3.05) is 38.7 Å². The van der Waals surface area contributed by atoms with Gasteiger partial charge in [-0.15, -0.1) is 0 Å². The summed E-state index contributed by atoms with van der Waals surface area (Å²) in [6, 6.07) is 0.650. The minimum absolute atomic E-state index is 0.650. The maximum Gasteiger partial charge on any atom is 0.0189 e. The number of hydrogen-bond acceptors (Lipinski definition) is 3. The molecule has 0 amide bonds. The minimum atomic E-state index is 0.650. The molecule has 1 N–H and O–H groups in total. The van der Waals surface area contributed by atoms with Crippen LogP contribution in [0.5, 0.6) is 0 Å². The molecule has 0 aromatic rings. The number of nitrogens with zero attached hydrogens (tertiary/aromatic N) is 1. The Labute approximate surface area is 81.1 Å². The van der Waals surface area contributed by atoms with E-state index < -0.39 is 0 Å². The van der Waals surface area contributed by atoms with Crippen LogP contribution < -0.4 is 5.32 Å². The predicted molar refractivity (Wildman–Crippen MR) is 59.0 cm³/mol. The van der Waals surface area contributed by atoms with E-state index in [2.05, 4.69) is 37.4 Å². The third-order valence-corrected chi connectivity index (χ3v) is 2.68. The topological polar surface area (TPSA) is 15.3 Å². The second-order valence-corrected chi connectivity index (χ2v) is 4.12. The Kier molecular flexibility index (Phi) is 8.07. The van der Waals surface area contributed by atoms with Gasteiger partial charge in [0.05, 0.1) is 0 Å². The molecule has 12 heavy (non-hydrogen) atoms. The molecule has 0 heterocycles. The highest BCUT2D eigenvalue weighted by atomic mass is 32.2. The Morgan fingerprint density at radius 2 is 2.17 bits per heavy atom. The van der Waals surface area contributed by atoms with Crippen LogP contribution in [0.2, 0.25) is 0 Å². The van der Waals surface area contributed by atoms with Gasteiger partial charge in [0.1, 0.15) is 0 Å². The van der Waals surface area contributed by atoms with Crippen molar-refractivity contribution in [3.63, 3.8) is 0 Å². The van der Waals surface area contributed by atoms with Crippen molar-refractivity contribution in [1.29, 1.82) is 0 Å². The van der Waals surface area contributed by atoms with Crippen LogP contribution >= 0.6 is 11.8 Å². The Hall–Kier alpha value is 0.270. The van der Waals surface area contributed by atoms with Crippen LogP contribution in [0, 0.1) is 0 Å². The smallest absolute Gasteiger partial charge is 0.0189 e. The SMILES string of the molecule is CCNCC(C)N(C)CCSC. The largest absolute Gasteiger partial charge is 0.315 e. The molecule has 0 radical (unpaired) electrons. The van der Waals surface area contributed by atoms with Crippen molar-refractivity contribution in [2.45, 2.75) is 19.9 Å². The molecule has 0 aliphatic heterocycles. The standard InChI is InChI=1S/C9H22N2S/c1-5-10-8-9(2)11(3)6-7-12-4/h9-10H,5-8H2,1-4H3. The highest BCUT2D eigenvalue weighted by molar-refractivity contribution is 7.98. The summed E-state index contributed by atoms with van der Waals surface area (Å²) in [5.41, 5.74) is 0. The summed E-state index contributed by atoms with van der Waals surface area (Å²) in [6.07, 6.45) is 2.16. The van der Waals surface area contributed by atoms with E-state index in [4.69, 9.17) is 0 Å². The fourth-order valence-electron chi connectivity index (χ4n) is 0.965. The Morgan fingerprint density at radius 1 is 1.50 bits per heavy atom. The summed E-state index contributed by atoms with van der Waals surface area (Å²) in [7, 11) is 2.19. The molecule has 0 aliphatic rings. The Bertz CT molecular complexity index is 86.5. The monoisotopic (exact) mass is 190 g/mol. The van der Waals surface area contributed by atoms with Gasteiger partial charge in [0.2, 0.25) is 0 Å². The highest BCUT2D eigenvalue weighted by Crippen LogP contribution is 1.97. The van der Waals surface area contributed by atoms with Gasteiger partial charge in [-0.3, -0.25) is 0 Å². The average molecular weight is 190 g/mol. The lowest BCUT2D eigenvalue weighted by Gasteiger charge is -2.24. The first-order valence-corrected chi connectivity index (χ1v) is 6.01. The zero-order valence-electron chi connectivity index (χ0n) is 8.76. The predicted octanol–water partition coefficient (Wildman–Crippen LogP) is 1.28. The molecule has 0 spiro atoms. The molecule has 0 aliphatic carbocycles. The number of hydrogen-bond donors (Lipinski definition) is 1. The van der Waals surface area contributed by atoms with Crippen LogP contribution in [0.3, 0.4) is 0 Å². The zero-order chi connectivity index (χ0) is 9.40. The lowest BCUT2D eigenvalue weighted by molar-refractivity contribution is 0.267. The van der Waals surface area contributed by atoms with E-state index in [9.17, 15) is 0 Å². The van der Waals surface area contributed by atoms with Crippen molar-refractivity contribution in [3.05, 3.63) is 0 Å². The second kappa shape index (κ2) is 7.90. The van der Waals surface area contributed by atoms with E-state index in [0.717, 1.165) is 13.1 Å². The average Bonchev–Trinajstić information content (AvgIpc) is 2.10. The fourth-order valence-corrected chi connectivity index (χ4v) is 1.44. The van der Waals surface area contributed by atoms with Gasteiger partial charge in [-0.2, -0.15) is 11.8 Å².